The Balaban J connectivity index is -0.0000000308. The maximum Gasteiger partial charge on any atom is 2.00 e. The van der Waals surface area contributed by atoms with Gasteiger partial charge >= 0.3 is 46.1 Å². The van der Waals surface area contributed by atoms with Crippen molar-refractivity contribution < 1.29 is 42.8 Å². The summed E-state index contributed by atoms with van der Waals surface area (Å²) in [5.74, 6) is 0. The Morgan fingerprint density at radius 1 is 1.24 bits per heavy atom. The van der Waals surface area contributed by atoms with E-state index in [1.807, 2.05) is 24.3 Å². The molecule has 0 saturated heterocycles. The molecule has 0 fully saturated rings. The van der Waals surface area contributed by atoms with Crippen LogP contribution >= 0.6 is 0 Å². The van der Waals surface area contributed by atoms with Gasteiger partial charge in [-0.2, -0.15) is 12.1 Å². The molecule has 0 bridgehead atoms. The van der Waals surface area contributed by atoms with Gasteiger partial charge in [0.25, 0.3) is 0 Å². The van der Waals surface area contributed by atoms with Crippen molar-refractivity contribution >= 4 is 59.3 Å². The molecule has 1 aromatic rings. The molecule has 2 nitrogen and oxygen atoms in total. The van der Waals surface area contributed by atoms with Crippen molar-refractivity contribution in [3.05, 3.63) is 57.3 Å². The van der Waals surface area contributed by atoms with Crippen molar-refractivity contribution in [3.63, 3.8) is 0 Å². The van der Waals surface area contributed by atoms with Crippen molar-refractivity contribution in [1.82, 2.24) is 0 Å². The summed E-state index contributed by atoms with van der Waals surface area (Å²) < 4.78 is 0. The van der Waals surface area contributed by atoms with Crippen LogP contribution < -0.4 is 10.0 Å². The normalized spacial score (nSPS) is 5.59. The zero-order valence-corrected chi connectivity index (χ0v) is 16.5. The van der Waals surface area contributed by atoms with Gasteiger partial charge in [-0.25, -0.2) is 12.1 Å². The molecular weight excluding hydrogens is 312 g/mol. The van der Waals surface area contributed by atoms with Gasteiger partial charge in [-0.05, 0) is 0 Å². The van der Waals surface area contributed by atoms with Gasteiger partial charge in [0.2, 0.25) is 0 Å². The van der Waals surface area contributed by atoms with Crippen LogP contribution in [0.5, 0.6) is 0 Å². The molecule has 6 heteroatoms. The molecule has 1 rings (SSSR count). The zero-order chi connectivity index (χ0) is 9.40. The first-order valence-corrected chi connectivity index (χ1v) is 3.50. The fraction of sp³-hybridized carbons (Fsp3) is 0.0909. The Bertz CT molecular complexity index is 221. The molecule has 0 atom stereocenters. The Labute approximate surface area is 164 Å². The first-order chi connectivity index (χ1) is 5.66. The largest absolute Gasteiger partial charge is 2.00 e. The SMILES string of the molecule is CB([O-])[O-].[CH-]=Cc1[c-]cccc1.[CH3-].[CH3-].[Mg+2].[Mg+2].[Y]. The summed E-state index contributed by atoms with van der Waals surface area (Å²) in [6.45, 7) is 6.25. The standard InChI is InChI=1S/C8H6.CH3BO2.2CH3.2Mg.Y/c1-2-8-6-4-3-5-7-8;1-2(3)4;;;;;/h1-6H;1H3;2*1H3;;;/q2*-2;2*-1;2*+2;. The van der Waals surface area contributed by atoms with Gasteiger partial charge in [0.05, 0.1) is 0 Å². The summed E-state index contributed by atoms with van der Waals surface area (Å²) in [6.07, 6.45) is 1.53. The molecule has 0 aliphatic carbocycles. The van der Waals surface area contributed by atoms with Crippen molar-refractivity contribution in [1.29, 1.82) is 0 Å². The molecule has 83 valence electrons. The van der Waals surface area contributed by atoms with Crippen LogP contribution in [0.2, 0.25) is 6.82 Å². The van der Waals surface area contributed by atoms with Gasteiger partial charge < -0.3 is 43.1 Å². The predicted molar refractivity (Wildman–Crippen MR) is 70.0 cm³/mol. The summed E-state index contributed by atoms with van der Waals surface area (Å²) in [5, 5.41) is 17.9. The van der Waals surface area contributed by atoms with Crippen LogP contribution in [0.25, 0.3) is 6.08 Å². The first kappa shape index (κ1) is 36.3. The smallest absolute Gasteiger partial charge is 0.893 e. The third kappa shape index (κ3) is 31.8. The van der Waals surface area contributed by atoms with E-state index in [9.17, 15) is 0 Å². The van der Waals surface area contributed by atoms with E-state index >= 15 is 0 Å². The topological polar surface area (TPSA) is 46.1 Å². The van der Waals surface area contributed by atoms with Gasteiger partial charge in [-0.15, -0.1) is 20.0 Å². The van der Waals surface area contributed by atoms with E-state index in [-0.39, 0.29) is 93.7 Å². The maximum atomic E-state index is 8.97. The van der Waals surface area contributed by atoms with E-state index in [1.54, 1.807) is 0 Å². The van der Waals surface area contributed by atoms with E-state index in [2.05, 4.69) is 6.07 Å². The Hall–Kier alpha value is 1.58. The van der Waals surface area contributed by atoms with Crippen LogP contribution in [-0.2, 0) is 32.7 Å². The van der Waals surface area contributed by atoms with E-state index in [0.717, 1.165) is 12.4 Å². The minimum absolute atomic E-state index is 0. The second-order valence-corrected chi connectivity index (χ2v) is 2.05. The summed E-state index contributed by atoms with van der Waals surface area (Å²) in [6, 6.07) is 10.5. The van der Waals surface area contributed by atoms with E-state index in [0.29, 0.717) is 0 Å². The zero-order valence-electron chi connectivity index (χ0n) is 10.8. The molecule has 1 radical (unpaired) electrons. The van der Waals surface area contributed by atoms with Crippen molar-refractivity contribution in [2.75, 3.05) is 0 Å². The molecule has 0 spiro atoms. The number of benzene rings is 1. The van der Waals surface area contributed by atoms with E-state index in [1.165, 1.54) is 6.08 Å². The average Bonchev–Trinajstić information content (AvgIpc) is 2.05. The van der Waals surface area contributed by atoms with Gasteiger partial charge in [-0.1, -0.05) is 0 Å². The second-order valence-electron chi connectivity index (χ2n) is 2.05. The van der Waals surface area contributed by atoms with Crippen molar-refractivity contribution in [3.8, 4) is 0 Å². The van der Waals surface area contributed by atoms with Gasteiger partial charge in [0.1, 0.15) is 0 Å². The number of hydrogen-bond acceptors (Lipinski definition) is 2. The molecule has 0 heterocycles. The van der Waals surface area contributed by atoms with Crippen LogP contribution in [0.15, 0.2) is 24.3 Å². The molecule has 1 aromatic carbocycles. The number of rotatable bonds is 1. The maximum absolute atomic E-state index is 8.97. The fourth-order valence-corrected chi connectivity index (χ4v) is 0.511. The first-order valence-electron chi connectivity index (χ1n) is 3.50. The minimum Gasteiger partial charge on any atom is -0.893 e. The van der Waals surface area contributed by atoms with Crippen LogP contribution in [-0.4, -0.2) is 53.2 Å². The average molecular weight is 328 g/mol. The van der Waals surface area contributed by atoms with Crippen LogP contribution in [0.1, 0.15) is 5.56 Å². The molecule has 0 amide bonds. The molecule has 17 heavy (non-hydrogen) atoms. The van der Waals surface area contributed by atoms with Gasteiger partial charge in [0, 0.05) is 32.7 Å². The fourth-order valence-electron chi connectivity index (χ4n) is 0.511. The summed E-state index contributed by atoms with van der Waals surface area (Å²) in [5.41, 5.74) is 0.938. The molecule has 0 aliphatic rings. The van der Waals surface area contributed by atoms with Crippen LogP contribution in [0.4, 0.5) is 0 Å². The Morgan fingerprint density at radius 3 is 1.82 bits per heavy atom. The van der Waals surface area contributed by atoms with Gasteiger partial charge in [0.15, 0.2) is 0 Å². The van der Waals surface area contributed by atoms with E-state index in [4.69, 9.17) is 16.6 Å². The van der Waals surface area contributed by atoms with Crippen LogP contribution in [0, 0.1) is 27.5 Å². The molecular formula is C11H15BMg2O2Y-2. The van der Waals surface area contributed by atoms with E-state index < -0.39 is 7.12 Å². The summed E-state index contributed by atoms with van der Waals surface area (Å²) >= 11 is 0. The van der Waals surface area contributed by atoms with Crippen molar-refractivity contribution in [2.24, 2.45) is 0 Å². The summed E-state index contributed by atoms with van der Waals surface area (Å²) in [7, 11) is -1.67. The molecule has 0 aromatic heterocycles. The van der Waals surface area contributed by atoms with Crippen LogP contribution in [0.3, 0.4) is 0 Å². The molecule has 0 N–H and O–H groups in total. The minimum atomic E-state index is -1.67. The molecule has 0 unspecified atom stereocenters. The summed E-state index contributed by atoms with van der Waals surface area (Å²) in [4.78, 5) is 0. The monoisotopic (exact) mass is 327 g/mol. The quantitative estimate of drug-likeness (QED) is 0.534. The second kappa shape index (κ2) is 26.2. The van der Waals surface area contributed by atoms with Crippen molar-refractivity contribution in [2.45, 2.75) is 6.82 Å². The Morgan fingerprint density at radius 2 is 1.65 bits per heavy atom. The third-order valence-corrected chi connectivity index (χ3v) is 0.913. The molecule has 0 saturated carbocycles. The molecule has 0 aliphatic heterocycles. The predicted octanol–water partition coefficient (Wildman–Crippen LogP) is -0.106. The Kier molecular flexibility index (Phi) is 55.9. The number of hydrogen-bond donors (Lipinski definition) is 0. The van der Waals surface area contributed by atoms with Gasteiger partial charge in [-0.3, -0.25) is 0 Å². The third-order valence-electron chi connectivity index (χ3n) is 0.913.